The molecule has 0 heterocycles. The number of nitrogens with two attached hydrogens (primary N) is 2. The highest BCUT2D eigenvalue weighted by Crippen LogP contribution is 2.42. The monoisotopic (exact) mass is 406 g/mol. The van der Waals surface area contributed by atoms with Gasteiger partial charge in [-0.1, -0.05) is 108 Å². The molecule has 0 spiro atoms. The lowest BCUT2D eigenvalue weighted by Crippen LogP contribution is -2.28. The van der Waals surface area contributed by atoms with Crippen molar-refractivity contribution in [1.82, 2.24) is 0 Å². The summed E-state index contributed by atoms with van der Waals surface area (Å²) < 4.78 is 0. The van der Waals surface area contributed by atoms with E-state index >= 15 is 0 Å². The Hall–Kier alpha value is -1.96. The molecule has 2 heteroatoms. The van der Waals surface area contributed by atoms with Crippen LogP contribution >= 0.6 is 0 Å². The third kappa shape index (κ3) is 6.52. The van der Waals surface area contributed by atoms with Crippen LogP contribution in [0, 0.1) is 0 Å². The van der Waals surface area contributed by atoms with Gasteiger partial charge in [-0.2, -0.15) is 0 Å². The minimum atomic E-state index is 0.0679. The lowest BCUT2D eigenvalue weighted by molar-refractivity contribution is 0.387. The molecule has 2 aromatic carbocycles. The van der Waals surface area contributed by atoms with Crippen molar-refractivity contribution in [1.29, 1.82) is 0 Å². The van der Waals surface area contributed by atoms with Crippen molar-refractivity contribution >= 4 is 11.4 Å². The molecule has 4 N–H and O–H groups in total. The molecule has 0 radical (unpaired) electrons. The summed E-state index contributed by atoms with van der Waals surface area (Å²) >= 11 is 0. The first kappa shape index (κ1) is 22.7. The number of rotatable bonds is 2. The van der Waals surface area contributed by atoms with Gasteiger partial charge >= 0.3 is 0 Å². The van der Waals surface area contributed by atoms with Crippen molar-refractivity contribution in [3.05, 3.63) is 59.7 Å². The van der Waals surface area contributed by atoms with Gasteiger partial charge in [0, 0.05) is 16.8 Å². The maximum Gasteiger partial charge on any atom is 0.0314 e. The summed E-state index contributed by atoms with van der Waals surface area (Å²) in [5.74, 6) is 0. The maximum absolute atomic E-state index is 6.04. The van der Waals surface area contributed by atoms with Crippen LogP contribution in [-0.2, 0) is 5.41 Å². The van der Waals surface area contributed by atoms with Gasteiger partial charge in [0.1, 0.15) is 0 Å². The number of nitrogen functional groups attached to an aromatic ring is 2. The smallest absolute Gasteiger partial charge is 0.0314 e. The fraction of sp³-hybridized carbons (Fsp3) is 0.571. The molecule has 3 rings (SSSR count). The third-order valence-electron chi connectivity index (χ3n) is 7.13. The Bertz CT molecular complexity index is 654. The van der Waals surface area contributed by atoms with Crippen molar-refractivity contribution < 1.29 is 0 Å². The van der Waals surface area contributed by atoms with E-state index in [1.807, 2.05) is 0 Å². The molecular weight excluding hydrogens is 364 g/mol. The Kier molecular flexibility index (Phi) is 9.11. The van der Waals surface area contributed by atoms with Crippen molar-refractivity contribution in [2.24, 2.45) is 0 Å². The molecule has 30 heavy (non-hydrogen) atoms. The van der Waals surface area contributed by atoms with Gasteiger partial charge in [0.15, 0.2) is 0 Å². The third-order valence-corrected chi connectivity index (χ3v) is 7.13. The summed E-state index contributed by atoms with van der Waals surface area (Å²) in [6, 6.07) is 17.4. The highest BCUT2D eigenvalue weighted by atomic mass is 14.5. The topological polar surface area (TPSA) is 52.0 Å². The van der Waals surface area contributed by atoms with Crippen LogP contribution in [0.4, 0.5) is 11.4 Å². The molecular formula is C28H42N2. The molecule has 2 aromatic rings. The number of hydrogen-bond donors (Lipinski definition) is 2. The Labute approximate surface area is 184 Å². The summed E-state index contributed by atoms with van der Waals surface area (Å²) in [4.78, 5) is 0. The SMILES string of the molecule is Nc1ccc(C2(c3ccc(N)cc3)CCCCCCCCCCCCCCC2)cc1. The van der Waals surface area contributed by atoms with Gasteiger partial charge in [0.2, 0.25) is 0 Å². The van der Waals surface area contributed by atoms with Crippen molar-refractivity contribution in [2.45, 2.75) is 102 Å². The van der Waals surface area contributed by atoms with E-state index in [-0.39, 0.29) is 5.41 Å². The van der Waals surface area contributed by atoms with Crippen LogP contribution in [0.3, 0.4) is 0 Å². The lowest BCUT2D eigenvalue weighted by atomic mass is 9.67. The Morgan fingerprint density at radius 3 is 0.967 bits per heavy atom. The fourth-order valence-corrected chi connectivity index (χ4v) is 5.27. The largest absolute Gasteiger partial charge is 0.399 e. The molecule has 2 nitrogen and oxygen atoms in total. The van der Waals surface area contributed by atoms with Gasteiger partial charge in [0.25, 0.3) is 0 Å². The van der Waals surface area contributed by atoms with Crippen LogP contribution < -0.4 is 11.5 Å². The van der Waals surface area contributed by atoms with Crippen molar-refractivity contribution in [2.75, 3.05) is 11.5 Å². The van der Waals surface area contributed by atoms with Crippen LogP contribution in [-0.4, -0.2) is 0 Å². The molecule has 1 aliphatic rings. The summed E-state index contributed by atoms with van der Waals surface area (Å²) in [5, 5.41) is 0. The zero-order chi connectivity index (χ0) is 21.1. The van der Waals surface area contributed by atoms with Crippen LogP contribution in [0.15, 0.2) is 48.5 Å². The van der Waals surface area contributed by atoms with Crippen molar-refractivity contribution in [3.8, 4) is 0 Å². The Balaban J connectivity index is 1.86. The van der Waals surface area contributed by atoms with Gasteiger partial charge in [-0.3, -0.25) is 0 Å². The summed E-state index contributed by atoms with van der Waals surface area (Å²) in [5.41, 5.74) is 16.7. The number of anilines is 2. The summed E-state index contributed by atoms with van der Waals surface area (Å²) in [6.07, 6.45) is 20.4. The molecule has 0 saturated heterocycles. The molecule has 0 aliphatic heterocycles. The van der Waals surface area contributed by atoms with Crippen LogP contribution in [0.2, 0.25) is 0 Å². The first-order valence-electron chi connectivity index (χ1n) is 12.4. The predicted molar refractivity (Wildman–Crippen MR) is 132 cm³/mol. The van der Waals surface area contributed by atoms with E-state index in [0.29, 0.717) is 0 Å². The summed E-state index contributed by atoms with van der Waals surface area (Å²) in [6.45, 7) is 0. The fourth-order valence-electron chi connectivity index (χ4n) is 5.27. The highest BCUT2D eigenvalue weighted by molar-refractivity contribution is 5.48. The van der Waals surface area contributed by atoms with E-state index in [9.17, 15) is 0 Å². The van der Waals surface area contributed by atoms with Gasteiger partial charge in [-0.15, -0.1) is 0 Å². The van der Waals surface area contributed by atoms with Gasteiger partial charge in [-0.25, -0.2) is 0 Å². The Morgan fingerprint density at radius 2 is 0.667 bits per heavy atom. The molecule has 1 saturated carbocycles. The molecule has 0 aromatic heterocycles. The van der Waals surface area contributed by atoms with Crippen LogP contribution in [0.25, 0.3) is 0 Å². The molecule has 0 unspecified atom stereocenters. The lowest BCUT2D eigenvalue weighted by Gasteiger charge is -2.36. The van der Waals surface area contributed by atoms with Gasteiger partial charge in [-0.05, 0) is 48.2 Å². The average Bonchev–Trinajstić information content (AvgIpc) is 2.75. The molecule has 1 fully saturated rings. The second-order valence-electron chi connectivity index (χ2n) is 9.42. The van der Waals surface area contributed by atoms with Crippen molar-refractivity contribution in [3.63, 3.8) is 0 Å². The minimum absolute atomic E-state index is 0.0679. The zero-order valence-electron chi connectivity index (χ0n) is 18.9. The molecule has 164 valence electrons. The first-order chi connectivity index (χ1) is 14.7. The second-order valence-corrected chi connectivity index (χ2v) is 9.42. The first-order valence-corrected chi connectivity index (χ1v) is 12.4. The quantitative estimate of drug-likeness (QED) is 0.496. The average molecular weight is 407 g/mol. The highest BCUT2D eigenvalue weighted by Gasteiger charge is 2.33. The van der Waals surface area contributed by atoms with E-state index in [0.717, 1.165) is 11.4 Å². The second kappa shape index (κ2) is 12.0. The number of benzene rings is 2. The molecule has 1 aliphatic carbocycles. The van der Waals surface area contributed by atoms with E-state index in [4.69, 9.17) is 11.5 Å². The normalized spacial score (nSPS) is 19.9. The summed E-state index contributed by atoms with van der Waals surface area (Å²) in [7, 11) is 0. The predicted octanol–water partition coefficient (Wildman–Crippen LogP) is 8.00. The van der Waals surface area contributed by atoms with Gasteiger partial charge < -0.3 is 11.5 Å². The van der Waals surface area contributed by atoms with Gasteiger partial charge in [0.05, 0.1) is 0 Å². The number of hydrogen-bond acceptors (Lipinski definition) is 2. The van der Waals surface area contributed by atoms with E-state index in [2.05, 4.69) is 48.5 Å². The van der Waals surface area contributed by atoms with E-state index < -0.39 is 0 Å². The molecule has 0 atom stereocenters. The van der Waals surface area contributed by atoms with E-state index in [1.165, 1.54) is 107 Å². The molecule has 0 bridgehead atoms. The maximum atomic E-state index is 6.04. The standard InChI is InChI=1S/C28H42N2/c29-26-18-14-24(15-19-26)28(25-16-20-27(30)21-17-25)22-12-10-8-6-4-2-1-3-5-7-9-11-13-23-28/h14-21H,1-13,22-23,29-30H2. The zero-order valence-corrected chi connectivity index (χ0v) is 18.9. The minimum Gasteiger partial charge on any atom is -0.399 e. The van der Waals surface area contributed by atoms with Crippen LogP contribution in [0.5, 0.6) is 0 Å². The molecule has 0 amide bonds. The van der Waals surface area contributed by atoms with Crippen LogP contribution in [0.1, 0.15) is 107 Å². The Morgan fingerprint density at radius 1 is 0.400 bits per heavy atom. The van der Waals surface area contributed by atoms with E-state index in [1.54, 1.807) is 0 Å².